The van der Waals surface area contributed by atoms with Gasteiger partial charge in [0.25, 0.3) is 0 Å². The van der Waals surface area contributed by atoms with Crippen LogP contribution in [0.15, 0.2) is 53.2 Å². The fourth-order valence-corrected chi connectivity index (χ4v) is 2.60. The van der Waals surface area contributed by atoms with Crippen molar-refractivity contribution in [1.29, 1.82) is 0 Å². The van der Waals surface area contributed by atoms with Crippen LogP contribution in [0.5, 0.6) is 0 Å². The van der Waals surface area contributed by atoms with Gasteiger partial charge in [-0.3, -0.25) is 4.79 Å². The van der Waals surface area contributed by atoms with E-state index in [0.717, 1.165) is 16.9 Å². The number of carbonyl (C=O) groups is 1. The Balaban J connectivity index is 2.16. The third-order valence-electron chi connectivity index (χ3n) is 2.89. The predicted octanol–water partition coefficient (Wildman–Crippen LogP) is 3.80. The molecule has 0 unspecified atom stereocenters. The summed E-state index contributed by atoms with van der Waals surface area (Å²) in [5.74, 6) is 0.0119. The fourth-order valence-electron chi connectivity index (χ4n) is 1.95. The molecule has 0 spiro atoms. The average Bonchev–Trinajstić information content (AvgIpc) is 3.08. The van der Waals surface area contributed by atoms with Gasteiger partial charge < -0.3 is 0 Å². The summed E-state index contributed by atoms with van der Waals surface area (Å²) >= 11 is 1.62. The first-order valence-electron chi connectivity index (χ1n) is 5.95. The minimum atomic E-state index is 0.0119. The Kier molecular flexibility index (Phi) is 3.01. The number of benzene rings is 1. The molecular formula is C15H12N2OS. The van der Waals surface area contributed by atoms with E-state index in [1.54, 1.807) is 22.9 Å². The standard InChI is InChI=1S/C15H12N2OS/c1-11(18)15-9-14(12-7-8-19-10-12)16-17(15)13-5-3-2-4-6-13/h2-10H,1H3. The number of Topliss-reactive ketones (excluding diaryl/α,β-unsaturated/α-hetero) is 1. The molecular weight excluding hydrogens is 256 g/mol. The van der Waals surface area contributed by atoms with Crippen molar-refractivity contribution >= 4 is 17.1 Å². The van der Waals surface area contributed by atoms with Gasteiger partial charge in [0, 0.05) is 17.9 Å². The van der Waals surface area contributed by atoms with E-state index in [4.69, 9.17) is 0 Å². The van der Waals surface area contributed by atoms with Gasteiger partial charge in [-0.05, 0) is 29.6 Å². The highest BCUT2D eigenvalue weighted by atomic mass is 32.1. The summed E-state index contributed by atoms with van der Waals surface area (Å²) in [6, 6.07) is 13.5. The SMILES string of the molecule is CC(=O)c1cc(-c2ccsc2)nn1-c1ccccc1. The molecule has 0 aliphatic heterocycles. The van der Waals surface area contributed by atoms with Crippen molar-refractivity contribution in [2.45, 2.75) is 6.92 Å². The van der Waals surface area contributed by atoms with Crippen molar-refractivity contribution in [3.8, 4) is 16.9 Å². The summed E-state index contributed by atoms with van der Waals surface area (Å²) in [4.78, 5) is 11.8. The lowest BCUT2D eigenvalue weighted by Crippen LogP contribution is -2.05. The molecule has 4 heteroatoms. The molecule has 0 saturated heterocycles. The Labute approximate surface area is 115 Å². The van der Waals surface area contributed by atoms with Crippen molar-refractivity contribution in [2.75, 3.05) is 0 Å². The first kappa shape index (κ1) is 11.9. The van der Waals surface area contributed by atoms with Gasteiger partial charge >= 0.3 is 0 Å². The lowest BCUT2D eigenvalue weighted by atomic mass is 10.2. The molecule has 3 nitrogen and oxygen atoms in total. The Morgan fingerprint density at radius 2 is 2.00 bits per heavy atom. The van der Waals surface area contributed by atoms with Crippen molar-refractivity contribution in [3.63, 3.8) is 0 Å². The van der Waals surface area contributed by atoms with Crippen LogP contribution in [-0.2, 0) is 0 Å². The number of carbonyl (C=O) groups excluding carboxylic acids is 1. The molecule has 0 radical (unpaired) electrons. The Hall–Kier alpha value is -2.20. The highest BCUT2D eigenvalue weighted by molar-refractivity contribution is 7.08. The van der Waals surface area contributed by atoms with Crippen LogP contribution in [0.3, 0.4) is 0 Å². The van der Waals surface area contributed by atoms with Crippen LogP contribution in [0.1, 0.15) is 17.4 Å². The number of rotatable bonds is 3. The van der Waals surface area contributed by atoms with Crippen molar-refractivity contribution in [2.24, 2.45) is 0 Å². The van der Waals surface area contributed by atoms with Crippen LogP contribution in [0.2, 0.25) is 0 Å². The quantitative estimate of drug-likeness (QED) is 0.677. The van der Waals surface area contributed by atoms with Crippen LogP contribution in [-0.4, -0.2) is 15.6 Å². The summed E-state index contributed by atoms with van der Waals surface area (Å²) in [6.07, 6.45) is 0. The molecule has 0 aliphatic carbocycles. The first-order valence-corrected chi connectivity index (χ1v) is 6.89. The highest BCUT2D eigenvalue weighted by Gasteiger charge is 2.14. The molecule has 0 saturated carbocycles. The molecule has 2 aromatic heterocycles. The van der Waals surface area contributed by atoms with Crippen LogP contribution in [0.4, 0.5) is 0 Å². The third-order valence-corrected chi connectivity index (χ3v) is 3.57. The molecule has 19 heavy (non-hydrogen) atoms. The van der Waals surface area contributed by atoms with E-state index in [-0.39, 0.29) is 5.78 Å². The van der Waals surface area contributed by atoms with Gasteiger partial charge in [-0.2, -0.15) is 16.4 Å². The van der Waals surface area contributed by atoms with E-state index in [1.165, 1.54) is 0 Å². The van der Waals surface area contributed by atoms with E-state index in [9.17, 15) is 4.79 Å². The fraction of sp³-hybridized carbons (Fsp3) is 0.0667. The van der Waals surface area contributed by atoms with Crippen LogP contribution >= 0.6 is 11.3 Å². The zero-order chi connectivity index (χ0) is 13.2. The number of nitrogens with zero attached hydrogens (tertiary/aromatic N) is 2. The van der Waals surface area contributed by atoms with Crippen LogP contribution in [0.25, 0.3) is 16.9 Å². The van der Waals surface area contributed by atoms with Crippen molar-refractivity contribution in [1.82, 2.24) is 9.78 Å². The lowest BCUT2D eigenvalue weighted by Gasteiger charge is -2.03. The normalized spacial score (nSPS) is 10.6. The minimum absolute atomic E-state index is 0.0119. The second kappa shape index (κ2) is 4.82. The summed E-state index contributed by atoms with van der Waals surface area (Å²) in [5.41, 5.74) is 3.37. The van der Waals surface area contributed by atoms with Gasteiger partial charge in [-0.15, -0.1) is 0 Å². The number of hydrogen-bond donors (Lipinski definition) is 0. The zero-order valence-corrected chi connectivity index (χ0v) is 11.2. The Morgan fingerprint density at radius 1 is 1.21 bits per heavy atom. The molecule has 0 N–H and O–H groups in total. The van der Waals surface area contributed by atoms with Crippen LogP contribution in [0, 0.1) is 0 Å². The summed E-state index contributed by atoms with van der Waals surface area (Å²) in [6.45, 7) is 1.56. The maximum absolute atomic E-state index is 11.8. The second-order valence-electron chi connectivity index (χ2n) is 4.23. The lowest BCUT2D eigenvalue weighted by molar-refractivity contribution is 0.101. The van der Waals surface area contributed by atoms with Gasteiger partial charge in [0.2, 0.25) is 0 Å². The molecule has 1 aromatic carbocycles. The van der Waals surface area contributed by atoms with E-state index in [2.05, 4.69) is 5.10 Å². The predicted molar refractivity (Wildman–Crippen MR) is 76.9 cm³/mol. The van der Waals surface area contributed by atoms with Gasteiger partial charge in [0.1, 0.15) is 5.69 Å². The summed E-state index contributed by atoms with van der Waals surface area (Å²) < 4.78 is 1.70. The van der Waals surface area contributed by atoms with E-state index in [0.29, 0.717) is 5.69 Å². The van der Waals surface area contributed by atoms with Gasteiger partial charge in [-0.25, -0.2) is 4.68 Å². The molecule has 2 heterocycles. The molecule has 0 amide bonds. The van der Waals surface area contributed by atoms with Crippen LogP contribution < -0.4 is 0 Å². The van der Waals surface area contributed by atoms with Crippen molar-refractivity contribution < 1.29 is 4.79 Å². The maximum atomic E-state index is 11.8. The van der Waals surface area contributed by atoms with E-state index < -0.39 is 0 Å². The Bertz CT molecular complexity index is 699. The third kappa shape index (κ3) is 2.22. The minimum Gasteiger partial charge on any atom is -0.293 e. The molecule has 0 bridgehead atoms. The zero-order valence-electron chi connectivity index (χ0n) is 10.4. The Morgan fingerprint density at radius 3 is 2.63 bits per heavy atom. The number of para-hydroxylation sites is 1. The van der Waals surface area contributed by atoms with Gasteiger partial charge in [0.05, 0.1) is 11.4 Å². The molecule has 3 rings (SSSR count). The second-order valence-corrected chi connectivity index (χ2v) is 5.01. The smallest absolute Gasteiger partial charge is 0.178 e. The van der Waals surface area contributed by atoms with Gasteiger partial charge in [0.15, 0.2) is 5.78 Å². The molecule has 3 aromatic rings. The van der Waals surface area contributed by atoms with Crippen molar-refractivity contribution in [3.05, 3.63) is 58.9 Å². The molecule has 0 aliphatic rings. The summed E-state index contributed by atoms with van der Waals surface area (Å²) in [7, 11) is 0. The van der Waals surface area contributed by atoms with Gasteiger partial charge in [-0.1, -0.05) is 18.2 Å². The van der Waals surface area contributed by atoms with E-state index in [1.807, 2.05) is 53.2 Å². The molecule has 0 fully saturated rings. The van der Waals surface area contributed by atoms with E-state index >= 15 is 0 Å². The topological polar surface area (TPSA) is 34.9 Å². The molecule has 0 atom stereocenters. The average molecular weight is 268 g/mol. The number of hydrogen-bond acceptors (Lipinski definition) is 3. The number of ketones is 1. The monoisotopic (exact) mass is 268 g/mol. The largest absolute Gasteiger partial charge is 0.293 e. The summed E-state index contributed by atoms with van der Waals surface area (Å²) in [5, 5.41) is 8.58. The first-order chi connectivity index (χ1) is 9.25. The number of thiophene rings is 1. The highest BCUT2D eigenvalue weighted by Crippen LogP contribution is 2.23. The maximum Gasteiger partial charge on any atom is 0.178 e. The molecule has 94 valence electrons. The number of aromatic nitrogens is 2.